The molecule has 2 N–H and O–H groups in total. The fraction of sp³-hybridized carbons (Fsp3) is 0.368. The smallest absolute Gasteiger partial charge is 0.223 e. The fourth-order valence-corrected chi connectivity index (χ4v) is 3.21. The van der Waals surface area contributed by atoms with E-state index in [4.69, 9.17) is 0 Å². The number of hydrogen-bond acceptors (Lipinski definition) is 2. The van der Waals surface area contributed by atoms with Gasteiger partial charge in [-0.05, 0) is 60.4 Å². The molecule has 0 saturated heterocycles. The van der Waals surface area contributed by atoms with Gasteiger partial charge in [0.1, 0.15) is 0 Å². The molecule has 1 amide bonds. The number of nitrogens with zero attached hydrogens (tertiary/aromatic N) is 2. The van der Waals surface area contributed by atoms with Crippen molar-refractivity contribution in [3.63, 3.8) is 0 Å². The summed E-state index contributed by atoms with van der Waals surface area (Å²) in [6.45, 7) is 0.719. The van der Waals surface area contributed by atoms with Gasteiger partial charge in [-0.1, -0.05) is 6.07 Å². The van der Waals surface area contributed by atoms with Crippen molar-refractivity contribution in [1.29, 1.82) is 0 Å². The van der Waals surface area contributed by atoms with Crippen LogP contribution in [-0.4, -0.2) is 32.0 Å². The molecule has 0 unspecified atom stereocenters. The van der Waals surface area contributed by atoms with Crippen LogP contribution in [-0.2, 0) is 17.8 Å². The van der Waals surface area contributed by atoms with E-state index in [-0.39, 0.29) is 5.91 Å². The quantitative estimate of drug-likeness (QED) is 0.700. The summed E-state index contributed by atoms with van der Waals surface area (Å²) in [5, 5.41) is 7.97. The maximum Gasteiger partial charge on any atom is 0.223 e. The Hall–Kier alpha value is -2.56. The molecular weight excluding hydrogens is 300 g/mol. The first-order chi connectivity index (χ1) is 11.8. The van der Waals surface area contributed by atoms with Crippen LogP contribution in [0.3, 0.4) is 0 Å². The van der Waals surface area contributed by atoms with Crippen molar-refractivity contribution < 1.29 is 4.79 Å². The number of H-pyrrole nitrogens is 2. The Morgan fingerprint density at radius 2 is 2.17 bits per heavy atom. The number of carbonyl (C=O) groups excluding carboxylic acids is 1. The third-order valence-electron chi connectivity index (χ3n) is 4.69. The minimum absolute atomic E-state index is 0.273. The molecule has 4 rings (SSSR count). The highest BCUT2D eigenvalue weighted by molar-refractivity contribution is 5.80. The van der Waals surface area contributed by atoms with Crippen LogP contribution < -0.4 is 0 Å². The minimum atomic E-state index is 0.273. The van der Waals surface area contributed by atoms with Crippen LogP contribution in [0.5, 0.6) is 0 Å². The van der Waals surface area contributed by atoms with Crippen molar-refractivity contribution in [3.8, 4) is 0 Å². The number of rotatable bonds is 7. The zero-order valence-corrected chi connectivity index (χ0v) is 13.7. The first kappa shape index (κ1) is 15.0. The van der Waals surface area contributed by atoms with Crippen LogP contribution >= 0.6 is 0 Å². The summed E-state index contributed by atoms with van der Waals surface area (Å²) in [5.41, 5.74) is 3.51. The molecule has 24 heavy (non-hydrogen) atoms. The molecule has 0 atom stereocenters. The first-order valence-corrected chi connectivity index (χ1v) is 8.63. The largest absolute Gasteiger partial charge is 0.361 e. The molecular formula is C19H22N4O. The van der Waals surface area contributed by atoms with Gasteiger partial charge in [0.15, 0.2) is 0 Å². The van der Waals surface area contributed by atoms with E-state index in [9.17, 15) is 4.79 Å². The van der Waals surface area contributed by atoms with Crippen LogP contribution in [0.15, 0.2) is 42.9 Å². The van der Waals surface area contributed by atoms with E-state index in [0.717, 1.165) is 37.7 Å². The lowest BCUT2D eigenvalue weighted by Gasteiger charge is -2.22. The van der Waals surface area contributed by atoms with E-state index < -0.39 is 0 Å². The van der Waals surface area contributed by atoms with Gasteiger partial charge in [0.25, 0.3) is 0 Å². The average Bonchev–Trinajstić information content (AvgIpc) is 3.09. The molecule has 124 valence electrons. The van der Waals surface area contributed by atoms with Gasteiger partial charge in [-0.3, -0.25) is 9.89 Å². The van der Waals surface area contributed by atoms with Crippen molar-refractivity contribution in [2.24, 2.45) is 0 Å². The maximum absolute atomic E-state index is 12.7. The number of aryl methyl sites for hydroxylation is 1. The van der Waals surface area contributed by atoms with E-state index in [1.54, 1.807) is 0 Å². The van der Waals surface area contributed by atoms with Crippen LogP contribution in [0.25, 0.3) is 10.9 Å². The standard InChI is InChI=1S/C19H22N4O/c24-19(3-1-2-15-11-21-22-12-15)23(17-5-6-17)13-14-4-7-18-16(10-14)8-9-20-18/h4,7-12,17,20H,1-3,5-6,13H2,(H,21,22). The molecule has 2 aromatic heterocycles. The molecule has 0 bridgehead atoms. The Kier molecular flexibility index (Phi) is 4.07. The van der Waals surface area contributed by atoms with Gasteiger partial charge >= 0.3 is 0 Å². The van der Waals surface area contributed by atoms with Crippen molar-refractivity contribution in [3.05, 3.63) is 54.0 Å². The molecule has 1 aliphatic rings. The van der Waals surface area contributed by atoms with E-state index >= 15 is 0 Å². The lowest BCUT2D eigenvalue weighted by atomic mass is 10.1. The first-order valence-electron chi connectivity index (χ1n) is 8.63. The summed E-state index contributed by atoms with van der Waals surface area (Å²) >= 11 is 0. The summed E-state index contributed by atoms with van der Waals surface area (Å²) in [4.78, 5) is 18.0. The molecule has 1 aliphatic carbocycles. The molecule has 1 saturated carbocycles. The highest BCUT2D eigenvalue weighted by Gasteiger charge is 2.32. The number of aromatic amines is 2. The van der Waals surface area contributed by atoms with Crippen molar-refractivity contribution >= 4 is 16.8 Å². The Bertz CT molecular complexity index is 817. The Morgan fingerprint density at radius 3 is 2.96 bits per heavy atom. The van der Waals surface area contributed by atoms with Gasteiger partial charge in [0.05, 0.1) is 6.20 Å². The van der Waals surface area contributed by atoms with E-state index in [2.05, 4.69) is 44.3 Å². The molecule has 5 heteroatoms. The van der Waals surface area contributed by atoms with Crippen LogP contribution in [0, 0.1) is 0 Å². The van der Waals surface area contributed by atoms with Crippen LogP contribution in [0.4, 0.5) is 0 Å². The summed E-state index contributed by atoms with van der Waals surface area (Å²) in [6.07, 6.45) is 10.3. The summed E-state index contributed by atoms with van der Waals surface area (Å²) in [7, 11) is 0. The molecule has 0 spiro atoms. The zero-order chi connectivity index (χ0) is 16.4. The number of hydrogen-bond donors (Lipinski definition) is 2. The van der Waals surface area contributed by atoms with Crippen molar-refractivity contribution in [2.45, 2.75) is 44.7 Å². The summed E-state index contributed by atoms with van der Waals surface area (Å²) in [6, 6.07) is 8.91. The van der Waals surface area contributed by atoms with Crippen LogP contribution in [0.2, 0.25) is 0 Å². The third-order valence-corrected chi connectivity index (χ3v) is 4.69. The lowest BCUT2D eigenvalue weighted by molar-refractivity contribution is -0.132. The SMILES string of the molecule is O=C(CCCc1cn[nH]c1)N(Cc1ccc2[nH]ccc2c1)C1CC1. The molecule has 5 nitrogen and oxygen atoms in total. The van der Waals surface area contributed by atoms with E-state index in [0.29, 0.717) is 12.5 Å². The number of amides is 1. The normalized spacial score (nSPS) is 14.2. The molecule has 0 radical (unpaired) electrons. The zero-order valence-electron chi connectivity index (χ0n) is 13.7. The number of benzene rings is 1. The van der Waals surface area contributed by atoms with Crippen molar-refractivity contribution in [2.75, 3.05) is 0 Å². The molecule has 3 aromatic rings. The van der Waals surface area contributed by atoms with Gasteiger partial charge in [-0.15, -0.1) is 0 Å². The molecule has 1 aromatic carbocycles. The highest BCUT2D eigenvalue weighted by atomic mass is 16.2. The number of fused-ring (bicyclic) bond motifs is 1. The maximum atomic E-state index is 12.7. The molecule has 1 fully saturated rings. The predicted octanol–water partition coefficient (Wildman–Crippen LogP) is 3.40. The minimum Gasteiger partial charge on any atom is -0.361 e. The Labute approximate surface area is 141 Å². The number of nitrogens with one attached hydrogen (secondary N) is 2. The second-order valence-corrected chi connectivity index (χ2v) is 6.61. The summed E-state index contributed by atoms with van der Waals surface area (Å²) in [5.74, 6) is 0.273. The van der Waals surface area contributed by atoms with Crippen LogP contribution in [0.1, 0.15) is 36.8 Å². The van der Waals surface area contributed by atoms with Gasteiger partial charge in [0.2, 0.25) is 5.91 Å². The number of carbonyl (C=O) groups is 1. The summed E-state index contributed by atoms with van der Waals surface area (Å²) < 4.78 is 0. The fourth-order valence-electron chi connectivity index (χ4n) is 3.21. The lowest BCUT2D eigenvalue weighted by Crippen LogP contribution is -2.32. The average molecular weight is 322 g/mol. The number of aromatic nitrogens is 3. The van der Waals surface area contributed by atoms with Gasteiger partial charge in [-0.25, -0.2) is 0 Å². The molecule has 0 aliphatic heterocycles. The topological polar surface area (TPSA) is 64.8 Å². The Balaban J connectivity index is 1.38. The van der Waals surface area contributed by atoms with E-state index in [1.165, 1.54) is 16.5 Å². The molecule has 2 heterocycles. The van der Waals surface area contributed by atoms with Gasteiger partial charge in [-0.2, -0.15) is 5.10 Å². The second kappa shape index (κ2) is 6.51. The monoisotopic (exact) mass is 322 g/mol. The Morgan fingerprint density at radius 1 is 1.25 bits per heavy atom. The van der Waals surface area contributed by atoms with Gasteiger partial charge in [0, 0.05) is 36.9 Å². The second-order valence-electron chi connectivity index (χ2n) is 6.61. The van der Waals surface area contributed by atoms with Crippen molar-refractivity contribution in [1.82, 2.24) is 20.1 Å². The van der Waals surface area contributed by atoms with E-state index in [1.807, 2.05) is 18.6 Å². The predicted molar refractivity (Wildman–Crippen MR) is 93.4 cm³/mol. The van der Waals surface area contributed by atoms with Gasteiger partial charge < -0.3 is 9.88 Å². The highest BCUT2D eigenvalue weighted by Crippen LogP contribution is 2.29. The third kappa shape index (κ3) is 3.35.